The summed E-state index contributed by atoms with van der Waals surface area (Å²) in [6.07, 6.45) is 0. The smallest absolute Gasteiger partial charge is 0.243 e. The third-order valence-electron chi connectivity index (χ3n) is 4.28. The van der Waals surface area contributed by atoms with Crippen LogP contribution in [0.5, 0.6) is 5.75 Å². The molecule has 0 amide bonds. The first-order chi connectivity index (χ1) is 12.0. The zero-order valence-electron chi connectivity index (χ0n) is 13.9. The Morgan fingerprint density at radius 2 is 1.72 bits per heavy atom. The predicted molar refractivity (Wildman–Crippen MR) is 95.1 cm³/mol. The Kier molecular flexibility index (Phi) is 4.93. The average molecular weight is 357 g/mol. The molecule has 1 aliphatic heterocycles. The van der Waals surface area contributed by atoms with E-state index in [1.54, 1.807) is 37.4 Å². The molecule has 25 heavy (non-hydrogen) atoms. The zero-order valence-corrected chi connectivity index (χ0v) is 14.7. The number of methoxy groups -OCH3 is 1. The van der Waals surface area contributed by atoms with Gasteiger partial charge in [0.05, 0.1) is 23.6 Å². The van der Waals surface area contributed by atoms with E-state index in [0.717, 1.165) is 5.69 Å². The van der Waals surface area contributed by atoms with Crippen molar-refractivity contribution in [3.05, 3.63) is 54.1 Å². The van der Waals surface area contributed by atoms with Crippen molar-refractivity contribution in [3.8, 4) is 11.8 Å². The van der Waals surface area contributed by atoms with Gasteiger partial charge in [0.25, 0.3) is 0 Å². The minimum Gasteiger partial charge on any atom is -0.497 e. The highest BCUT2D eigenvalue weighted by atomic mass is 32.2. The van der Waals surface area contributed by atoms with Crippen LogP contribution in [0, 0.1) is 11.3 Å². The molecule has 0 N–H and O–H groups in total. The molecule has 0 aromatic heterocycles. The number of nitrogens with zero attached hydrogens (tertiary/aromatic N) is 3. The summed E-state index contributed by atoms with van der Waals surface area (Å²) in [5, 5.41) is 9.01. The Morgan fingerprint density at radius 1 is 1.04 bits per heavy atom. The van der Waals surface area contributed by atoms with Gasteiger partial charge in [-0.3, -0.25) is 0 Å². The summed E-state index contributed by atoms with van der Waals surface area (Å²) in [4.78, 5) is 2.37. The summed E-state index contributed by atoms with van der Waals surface area (Å²) in [5.74, 6) is 0.626. The fourth-order valence-electron chi connectivity index (χ4n) is 2.86. The quantitative estimate of drug-likeness (QED) is 0.838. The molecule has 7 heteroatoms. The maximum atomic E-state index is 12.8. The Bertz CT molecular complexity index is 881. The molecular weight excluding hydrogens is 338 g/mol. The third-order valence-corrected chi connectivity index (χ3v) is 6.19. The molecule has 0 atom stereocenters. The van der Waals surface area contributed by atoms with Crippen LogP contribution in [-0.4, -0.2) is 46.0 Å². The van der Waals surface area contributed by atoms with E-state index in [9.17, 15) is 8.42 Å². The van der Waals surface area contributed by atoms with E-state index in [0.29, 0.717) is 37.5 Å². The van der Waals surface area contributed by atoms with Gasteiger partial charge in [-0.25, -0.2) is 8.42 Å². The number of hydrogen-bond donors (Lipinski definition) is 0. The van der Waals surface area contributed by atoms with Gasteiger partial charge in [-0.2, -0.15) is 9.57 Å². The number of piperazine rings is 1. The fourth-order valence-corrected chi connectivity index (χ4v) is 4.28. The first-order valence-electron chi connectivity index (χ1n) is 7.94. The largest absolute Gasteiger partial charge is 0.497 e. The lowest BCUT2D eigenvalue weighted by molar-refractivity contribution is 0.384. The lowest BCUT2D eigenvalue weighted by Gasteiger charge is -2.35. The van der Waals surface area contributed by atoms with Crippen LogP contribution >= 0.6 is 0 Å². The molecular formula is C18H19N3O3S. The van der Waals surface area contributed by atoms with E-state index in [2.05, 4.69) is 11.0 Å². The minimum atomic E-state index is -3.51. The van der Waals surface area contributed by atoms with Gasteiger partial charge < -0.3 is 9.64 Å². The Labute approximate surface area is 147 Å². The molecule has 2 aromatic carbocycles. The molecule has 1 heterocycles. The van der Waals surface area contributed by atoms with Gasteiger partial charge in [-0.1, -0.05) is 6.07 Å². The Balaban J connectivity index is 1.71. The standard InChI is InChI=1S/C18H19N3O3S/c1-24-17-5-7-18(8-6-17)25(22,23)21-11-9-20(10-12-21)16-4-2-3-15(13-16)14-19/h2-8,13H,9-12H2,1H3. The number of ether oxygens (including phenoxy) is 1. The summed E-state index contributed by atoms with van der Waals surface area (Å²) < 4.78 is 32.1. The molecule has 1 saturated heterocycles. The molecule has 0 bridgehead atoms. The number of hydrogen-bond acceptors (Lipinski definition) is 5. The van der Waals surface area contributed by atoms with Crippen molar-refractivity contribution in [1.82, 2.24) is 4.31 Å². The Morgan fingerprint density at radius 3 is 2.32 bits per heavy atom. The highest BCUT2D eigenvalue weighted by Gasteiger charge is 2.28. The van der Waals surface area contributed by atoms with Gasteiger partial charge >= 0.3 is 0 Å². The van der Waals surface area contributed by atoms with Crippen molar-refractivity contribution in [2.24, 2.45) is 0 Å². The van der Waals surface area contributed by atoms with Crippen molar-refractivity contribution in [2.75, 3.05) is 38.2 Å². The molecule has 2 aromatic rings. The molecule has 0 saturated carbocycles. The van der Waals surface area contributed by atoms with E-state index in [1.807, 2.05) is 18.2 Å². The van der Waals surface area contributed by atoms with Crippen LogP contribution in [-0.2, 0) is 10.0 Å². The van der Waals surface area contributed by atoms with Crippen LogP contribution < -0.4 is 9.64 Å². The number of benzene rings is 2. The van der Waals surface area contributed by atoms with Crippen molar-refractivity contribution < 1.29 is 13.2 Å². The molecule has 1 aliphatic rings. The highest BCUT2D eigenvalue weighted by molar-refractivity contribution is 7.89. The van der Waals surface area contributed by atoms with Gasteiger partial charge in [-0.15, -0.1) is 0 Å². The molecule has 6 nitrogen and oxygen atoms in total. The van der Waals surface area contributed by atoms with Crippen LogP contribution in [0.3, 0.4) is 0 Å². The lowest BCUT2D eigenvalue weighted by Crippen LogP contribution is -2.48. The summed E-state index contributed by atoms with van der Waals surface area (Å²) in [6, 6.07) is 15.9. The minimum absolute atomic E-state index is 0.272. The molecule has 0 aliphatic carbocycles. The summed E-state index contributed by atoms with van der Waals surface area (Å²) in [6.45, 7) is 1.99. The molecule has 0 spiro atoms. The maximum absolute atomic E-state index is 12.8. The van der Waals surface area contributed by atoms with E-state index < -0.39 is 10.0 Å². The second-order valence-electron chi connectivity index (χ2n) is 5.73. The Hall–Kier alpha value is -2.56. The zero-order chi connectivity index (χ0) is 17.9. The van der Waals surface area contributed by atoms with Crippen LogP contribution in [0.4, 0.5) is 5.69 Å². The summed E-state index contributed by atoms with van der Waals surface area (Å²) >= 11 is 0. The van der Waals surface area contributed by atoms with E-state index in [1.165, 1.54) is 4.31 Å². The molecule has 1 fully saturated rings. The monoisotopic (exact) mass is 357 g/mol. The van der Waals surface area contributed by atoms with Gasteiger partial charge in [-0.05, 0) is 42.5 Å². The van der Waals surface area contributed by atoms with Crippen molar-refractivity contribution in [2.45, 2.75) is 4.90 Å². The van der Waals surface area contributed by atoms with Gasteiger partial charge in [0, 0.05) is 31.9 Å². The van der Waals surface area contributed by atoms with Crippen LogP contribution in [0.2, 0.25) is 0 Å². The summed E-state index contributed by atoms with van der Waals surface area (Å²) in [7, 11) is -1.96. The second-order valence-corrected chi connectivity index (χ2v) is 7.67. The number of rotatable bonds is 4. The fraction of sp³-hybridized carbons (Fsp3) is 0.278. The van der Waals surface area contributed by atoms with Crippen molar-refractivity contribution in [3.63, 3.8) is 0 Å². The predicted octanol–water partition coefficient (Wildman–Crippen LogP) is 2.08. The van der Waals surface area contributed by atoms with Gasteiger partial charge in [0.15, 0.2) is 0 Å². The van der Waals surface area contributed by atoms with Crippen LogP contribution in [0.15, 0.2) is 53.4 Å². The van der Waals surface area contributed by atoms with Gasteiger partial charge in [0.2, 0.25) is 10.0 Å². The number of sulfonamides is 1. The number of anilines is 1. The second kappa shape index (κ2) is 7.13. The molecule has 0 radical (unpaired) electrons. The summed E-state index contributed by atoms with van der Waals surface area (Å²) in [5.41, 5.74) is 1.55. The SMILES string of the molecule is COc1ccc(S(=O)(=O)N2CCN(c3cccc(C#N)c3)CC2)cc1. The molecule has 0 unspecified atom stereocenters. The average Bonchev–Trinajstić information content (AvgIpc) is 2.68. The van der Waals surface area contributed by atoms with Crippen LogP contribution in [0.1, 0.15) is 5.56 Å². The van der Waals surface area contributed by atoms with E-state index in [-0.39, 0.29) is 4.90 Å². The third kappa shape index (κ3) is 3.60. The lowest BCUT2D eigenvalue weighted by atomic mass is 10.2. The molecule has 3 rings (SSSR count). The number of nitriles is 1. The van der Waals surface area contributed by atoms with E-state index in [4.69, 9.17) is 10.00 Å². The topological polar surface area (TPSA) is 73.6 Å². The van der Waals surface area contributed by atoms with E-state index >= 15 is 0 Å². The first kappa shape index (κ1) is 17.3. The van der Waals surface area contributed by atoms with Gasteiger partial charge in [0.1, 0.15) is 5.75 Å². The van der Waals surface area contributed by atoms with Crippen molar-refractivity contribution in [1.29, 1.82) is 5.26 Å². The molecule has 130 valence electrons. The highest BCUT2D eigenvalue weighted by Crippen LogP contribution is 2.23. The van der Waals surface area contributed by atoms with Crippen LogP contribution in [0.25, 0.3) is 0 Å². The van der Waals surface area contributed by atoms with Crippen molar-refractivity contribution >= 4 is 15.7 Å². The normalized spacial score (nSPS) is 15.6. The first-order valence-corrected chi connectivity index (χ1v) is 9.38. The maximum Gasteiger partial charge on any atom is 0.243 e.